The lowest BCUT2D eigenvalue weighted by molar-refractivity contribution is -0.137. The van der Waals surface area contributed by atoms with Crippen LogP contribution in [0.25, 0.3) is 11.0 Å². The van der Waals surface area contributed by atoms with Crippen LogP contribution >= 0.6 is 11.6 Å². The summed E-state index contributed by atoms with van der Waals surface area (Å²) in [4.78, 5) is 21.3. The van der Waals surface area contributed by atoms with Gasteiger partial charge in [0.1, 0.15) is 17.2 Å². The minimum absolute atomic E-state index is 0.0663. The average molecular weight is 559 g/mol. The molecule has 39 heavy (non-hydrogen) atoms. The molecule has 1 aliphatic heterocycles. The molecule has 1 aromatic heterocycles. The number of aromatic amines is 1. The topological polar surface area (TPSA) is 79.0 Å². The van der Waals surface area contributed by atoms with Gasteiger partial charge in [0.15, 0.2) is 0 Å². The largest absolute Gasteiger partial charge is 0.486 e. The van der Waals surface area contributed by atoms with Gasteiger partial charge in [0.2, 0.25) is 5.95 Å². The molecule has 6 nitrogen and oxygen atoms in total. The van der Waals surface area contributed by atoms with Gasteiger partial charge < -0.3 is 20.4 Å². The van der Waals surface area contributed by atoms with Crippen LogP contribution in [-0.4, -0.2) is 21.5 Å². The number of fused-ring (bicyclic) bond motifs is 3. The van der Waals surface area contributed by atoms with Gasteiger partial charge in [-0.15, -0.1) is 0 Å². The Labute approximate surface area is 225 Å². The van der Waals surface area contributed by atoms with Gasteiger partial charge in [0.05, 0.1) is 38.4 Å². The number of ether oxygens (including phenoxy) is 1. The summed E-state index contributed by atoms with van der Waals surface area (Å²) in [5, 5.41) is 6.09. The molecule has 11 heteroatoms. The van der Waals surface area contributed by atoms with Crippen LogP contribution in [0.2, 0.25) is 5.02 Å². The number of nitrogens with one attached hydrogen (secondary N) is 3. The van der Waals surface area contributed by atoms with Crippen molar-refractivity contribution in [1.29, 1.82) is 0 Å². The molecule has 1 amide bonds. The lowest BCUT2D eigenvalue weighted by Crippen LogP contribution is -2.35. The Hall–Kier alpha value is -3.79. The standard InChI is InChI=1S/C28H23ClF4N4O2/c1-26(2)13-17-21-20(34-25(35-21)36-22-18(29)4-3-5-19(22)30)12-16(23(17)39-26)24(38)37-27(10-11-27)14-6-8-15(9-7-14)28(31,32)33/h3-9,12H,10-11,13H2,1-2H3,(H,37,38)(H2,34,35,36). The van der Waals surface area contributed by atoms with E-state index in [0.717, 1.165) is 17.7 Å². The van der Waals surface area contributed by atoms with E-state index >= 15 is 0 Å². The number of nitrogens with zero attached hydrogens (tertiary/aromatic N) is 1. The number of amides is 1. The van der Waals surface area contributed by atoms with Crippen LogP contribution in [0.3, 0.4) is 0 Å². The maximum atomic E-state index is 14.3. The second-order valence-corrected chi connectivity index (χ2v) is 11.0. The Balaban J connectivity index is 1.35. The van der Waals surface area contributed by atoms with Crippen LogP contribution in [0.5, 0.6) is 5.75 Å². The molecule has 0 radical (unpaired) electrons. The predicted molar refractivity (Wildman–Crippen MR) is 139 cm³/mol. The first-order chi connectivity index (χ1) is 18.4. The number of halogens is 5. The summed E-state index contributed by atoms with van der Waals surface area (Å²) in [5.41, 5.74) is 0.700. The minimum Gasteiger partial charge on any atom is -0.486 e. The fourth-order valence-corrected chi connectivity index (χ4v) is 5.27. The summed E-state index contributed by atoms with van der Waals surface area (Å²) in [7, 11) is 0. The van der Waals surface area contributed by atoms with Gasteiger partial charge in [-0.05, 0) is 62.6 Å². The van der Waals surface area contributed by atoms with E-state index in [4.69, 9.17) is 16.3 Å². The molecule has 1 aliphatic carbocycles. The molecule has 0 bridgehead atoms. The number of benzene rings is 3. The minimum atomic E-state index is -4.44. The molecule has 0 atom stereocenters. The molecule has 3 N–H and O–H groups in total. The Morgan fingerprint density at radius 3 is 2.49 bits per heavy atom. The summed E-state index contributed by atoms with van der Waals surface area (Å²) in [6.45, 7) is 3.80. The molecule has 4 aromatic rings. The number of anilines is 2. The van der Waals surface area contributed by atoms with Crippen LogP contribution in [0.4, 0.5) is 29.2 Å². The molecule has 0 spiro atoms. The van der Waals surface area contributed by atoms with E-state index < -0.39 is 34.6 Å². The van der Waals surface area contributed by atoms with E-state index in [-0.39, 0.29) is 22.2 Å². The summed E-state index contributed by atoms with van der Waals surface area (Å²) in [6, 6.07) is 10.8. The second kappa shape index (κ2) is 8.61. The second-order valence-electron chi connectivity index (χ2n) is 10.6. The Kier molecular flexibility index (Phi) is 5.62. The zero-order valence-electron chi connectivity index (χ0n) is 20.9. The van der Waals surface area contributed by atoms with Crippen LogP contribution in [0.15, 0.2) is 48.5 Å². The number of carbonyl (C=O) groups excluding carboxylic acids is 1. The SMILES string of the molecule is CC1(C)Cc2c(c(C(=O)NC3(c4ccc(C(F)(F)F)cc4)CC3)cc3[nH]c(Nc4c(F)cccc4Cl)nc23)O1. The Morgan fingerprint density at radius 2 is 1.85 bits per heavy atom. The molecule has 202 valence electrons. The first-order valence-electron chi connectivity index (χ1n) is 12.3. The normalized spacial score (nSPS) is 17.0. The van der Waals surface area contributed by atoms with Crippen molar-refractivity contribution in [2.45, 2.75) is 50.4 Å². The van der Waals surface area contributed by atoms with Crippen LogP contribution in [-0.2, 0) is 18.1 Å². The highest BCUT2D eigenvalue weighted by Crippen LogP contribution is 2.48. The van der Waals surface area contributed by atoms with Gasteiger partial charge in [-0.25, -0.2) is 9.37 Å². The molecule has 3 aromatic carbocycles. The van der Waals surface area contributed by atoms with Crippen LogP contribution in [0, 0.1) is 5.82 Å². The van der Waals surface area contributed by atoms with Crippen molar-refractivity contribution in [3.8, 4) is 5.75 Å². The Bertz CT molecular complexity index is 1610. The maximum Gasteiger partial charge on any atom is 0.416 e. The molecule has 6 rings (SSSR count). The number of para-hydroxylation sites is 1. The molecular weight excluding hydrogens is 536 g/mol. The zero-order chi connectivity index (χ0) is 27.7. The highest BCUT2D eigenvalue weighted by Gasteiger charge is 2.47. The third-order valence-electron chi connectivity index (χ3n) is 7.12. The monoisotopic (exact) mass is 558 g/mol. The lowest BCUT2D eigenvalue weighted by atomic mass is 9.98. The van der Waals surface area contributed by atoms with E-state index in [2.05, 4.69) is 20.6 Å². The molecular formula is C28H23ClF4N4O2. The predicted octanol–water partition coefficient (Wildman–Crippen LogP) is 7.25. The van der Waals surface area contributed by atoms with Crippen molar-refractivity contribution in [3.05, 3.63) is 81.6 Å². The Morgan fingerprint density at radius 1 is 1.13 bits per heavy atom. The highest BCUT2D eigenvalue weighted by atomic mass is 35.5. The number of hydrogen-bond donors (Lipinski definition) is 3. The van der Waals surface area contributed by atoms with Gasteiger partial charge in [0.25, 0.3) is 5.91 Å². The van der Waals surface area contributed by atoms with Crippen molar-refractivity contribution in [2.75, 3.05) is 5.32 Å². The molecule has 2 aliphatic rings. The number of alkyl halides is 3. The summed E-state index contributed by atoms with van der Waals surface area (Å²) in [6.07, 6.45) is -2.76. The summed E-state index contributed by atoms with van der Waals surface area (Å²) in [5.74, 6) is -0.319. The van der Waals surface area contributed by atoms with Crippen molar-refractivity contribution >= 4 is 40.2 Å². The van der Waals surface area contributed by atoms with Crippen molar-refractivity contribution in [2.24, 2.45) is 0 Å². The maximum absolute atomic E-state index is 14.3. The van der Waals surface area contributed by atoms with Gasteiger partial charge >= 0.3 is 6.18 Å². The molecule has 1 fully saturated rings. The van der Waals surface area contributed by atoms with Gasteiger partial charge in [-0.3, -0.25) is 4.79 Å². The number of aromatic nitrogens is 2. The molecule has 2 heterocycles. The van der Waals surface area contributed by atoms with Gasteiger partial charge in [-0.1, -0.05) is 29.8 Å². The summed E-state index contributed by atoms with van der Waals surface area (Å²) < 4.78 is 59.6. The number of hydrogen-bond acceptors (Lipinski definition) is 4. The van der Waals surface area contributed by atoms with Crippen molar-refractivity contribution in [1.82, 2.24) is 15.3 Å². The van der Waals surface area contributed by atoms with Gasteiger partial charge in [-0.2, -0.15) is 13.2 Å². The first-order valence-corrected chi connectivity index (χ1v) is 12.7. The number of imidazole rings is 1. The zero-order valence-corrected chi connectivity index (χ0v) is 21.6. The van der Waals surface area contributed by atoms with E-state index in [9.17, 15) is 22.4 Å². The first kappa shape index (κ1) is 25.5. The molecule has 1 saturated carbocycles. The van der Waals surface area contributed by atoms with E-state index in [1.54, 1.807) is 12.1 Å². The third kappa shape index (κ3) is 4.56. The van der Waals surface area contributed by atoms with Crippen LogP contribution < -0.4 is 15.4 Å². The van der Waals surface area contributed by atoms with Crippen LogP contribution in [0.1, 0.15) is 53.7 Å². The van der Waals surface area contributed by atoms with E-state index in [1.165, 1.54) is 24.3 Å². The fraction of sp³-hybridized carbons (Fsp3) is 0.286. The lowest BCUT2D eigenvalue weighted by Gasteiger charge is -2.21. The van der Waals surface area contributed by atoms with Gasteiger partial charge in [0, 0.05) is 12.0 Å². The molecule has 0 saturated heterocycles. The van der Waals surface area contributed by atoms with Crippen molar-refractivity contribution < 1.29 is 27.1 Å². The number of H-pyrrole nitrogens is 1. The van der Waals surface area contributed by atoms with E-state index in [0.29, 0.717) is 41.6 Å². The van der Waals surface area contributed by atoms with E-state index in [1.807, 2.05) is 13.8 Å². The fourth-order valence-electron chi connectivity index (χ4n) is 5.06. The summed E-state index contributed by atoms with van der Waals surface area (Å²) >= 11 is 6.15. The highest BCUT2D eigenvalue weighted by molar-refractivity contribution is 6.33. The van der Waals surface area contributed by atoms with Crippen molar-refractivity contribution in [3.63, 3.8) is 0 Å². The third-order valence-corrected chi connectivity index (χ3v) is 7.44. The average Bonchev–Trinajstić information content (AvgIpc) is 3.39. The number of carbonyl (C=O) groups is 1. The smallest absolute Gasteiger partial charge is 0.416 e. The quantitative estimate of drug-likeness (QED) is 0.225. The molecule has 0 unspecified atom stereocenters. The number of rotatable bonds is 5.